The molecule has 25 heavy (non-hydrogen) atoms. The van der Waals surface area contributed by atoms with Crippen LogP contribution in [0.4, 0.5) is 0 Å². The minimum Gasteiger partial charge on any atom is -0.481 e. The molecule has 142 valence electrons. The molecule has 8 heteroatoms. The lowest BCUT2D eigenvalue weighted by atomic mass is 9.67. The molecular weight excluding hydrogens is 332 g/mol. The molecule has 0 amide bonds. The zero-order valence-corrected chi connectivity index (χ0v) is 14.3. The van der Waals surface area contributed by atoms with Crippen molar-refractivity contribution in [2.45, 2.75) is 58.3 Å². The lowest BCUT2D eigenvalue weighted by molar-refractivity contribution is -0.164. The number of carboxylic acids is 4. The van der Waals surface area contributed by atoms with Crippen LogP contribution in [-0.2, 0) is 19.2 Å². The number of carboxylic acid groups (broad SMARTS) is 4. The molecule has 2 aliphatic rings. The Morgan fingerprint density at radius 3 is 1.48 bits per heavy atom. The van der Waals surface area contributed by atoms with Crippen LogP contribution in [0.5, 0.6) is 0 Å². The highest BCUT2D eigenvalue weighted by atomic mass is 16.4. The summed E-state index contributed by atoms with van der Waals surface area (Å²) in [6, 6.07) is 0. The van der Waals surface area contributed by atoms with Crippen molar-refractivity contribution in [1.29, 1.82) is 0 Å². The van der Waals surface area contributed by atoms with Crippen molar-refractivity contribution in [2.75, 3.05) is 0 Å². The third kappa shape index (κ3) is 5.17. The van der Waals surface area contributed by atoms with Crippen molar-refractivity contribution in [2.24, 2.45) is 23.2 Å². The topological polar surface area (TPSA) is 149 Å². The van der Waals surface area contributed by atoms with Gasteiger partial charge in [0.25, 0.3) is 0 Å². The Kier molecular flexibility index (Phi) is 7.38. The molecule has 0 aromatic rings. The fourth-order valence-electron chi connectivity index (χ4n) is 3.71. The van der Waals surface area contributed by atoms with Crippen molar-refractivity contribution in [3.8, 4) is 0 Å². The van der Waals surface area contributed by atoms with Gasteiger partial charge < -0.3 is 20.4 Å². The minimum absolute atomic E-state index is 0.472. The molecule has 2 aliphatic carbocycles. The first-order chi connectivity index (χ1) is 11.6. The Morgan fingerprint density at radius 1 is 0.720 bits per heavy atom. The number of hydrogen-bond donors (Lipinski definition) is 4. The lowest BCUT2D eigenvalue weighted by Gasteiger charge is -2.34. The highest BCUT2D eigenvalue weighted by molar-refractivity contribution is 5.83. The number of hydrogen-bond acceptors (Lipinski definition) is 4. The van der Waals surface area contributed by atoms with Crippen molar-refractivity contribution in [3.05, 3.63) is 0 Å². The SMILES string of the molecule is CC1(C(=O)O)CCCCC1C(=O)O.O=C(O)C1CCCCC1C(=O)O. The van der Waals surface area contributed by atoms with E-state index in [0.29, 0.717) is 25.7 Å². The highest BCUT2D eigenvalue weighted by Crippen LogP contribution is 2.41. The van der Waals surface area contributed by atoms with Gasteiger partial charge in [0.15, 0.2) is 0 Å². The maximum Gasteiger partial charge on any atom is 0.310 e. The molecule has 0 radical (unpaired) electrons. The van der Waals surface area contributed by atoms with E-state index in [2.05, 4.69) is 0 Å². The zero-order chi connectivity index (χ0) is 19.2. The zero-order valence-electron chi connectivity index (χ0n) is 14.3. The predicted octanol–water partition coefficient (Wildman–Crippen LogP) is 2.31. The van der Waals surface area contributed by atoms with E-state index < -0.39 is 47.0 Å². The summed E-state index contributed by atoms with van der Waals surface area (Å²) in [5, 5.41) is 35.2. The van der Waals surface area contributed by atoms with E-state index in [-0.39, 0.29) is 0 Å². The van der Waals surface area contributed by atoms with E-state index in [0.717, 1.165) is 25.7 Å². The van der Waals surface area contributed by atoms with Gasteiger partial charge in [-0.1, -0.05) is 25.7 Å². The van der Waals surface area contributed by atoms with Crippen LogP contribution >= 0.6 is 0 Å². The van der Waals surface area contributed by atoms with Gasteiger partial charge in [-0.05, 0) is 32.6 Å². The monoisotopic (exact) mass is 358 g/mol. The molecule has 0 aromatic heterocycles. The van der Waals surface area contributed by atoms with E-state index >= 15 is 0 Å². The number of carbonyl (C=O) groups is 4. The maximum atomic E-state index is 10.9. The van der Waals surface area contributed by atoms with Crippen LogP contribution < -0.4 is 0 Å². The Balaban J connectivity index is 0.000000251. The van der Waals surface area contributed by atoms with Gasteiger partial charge in [-0.25, -0.2) is 0 Å². The Bertz CT molecular complexity index is 507. The Labute approximate surface area is 145 Å². The van der Waals surface area contributed by atoms with Crippen molar-refractivity contribution in [1.82, 2.24) is 0 Å². The summed E-state index contributed by atoms with van der Waals surface area (Å²) in [6.45, 7) is 1.54. The summed E-state index contributed by atoms with van der Waals surface area (Å²) in [6.07, 6.45) is 5.27. The van der Waals surface area contributed by atoms with Gasteiger partial charge in [0.2, 0.25) is 0 Å². The molecule has 4 unspecified atom stereocenters. The van der Waals surface area contributed by atoms with Crippen LogP contribution in [0.2, 0.25) is 0 Å². The molecule has 0 aromatic carbocycles. The second-order valence-electron chi connectivity index (χ2n) is 7.03. The summed E-state index contributed by atoms with van der Waals surface area (Å²) in [4.78, 5) is 43.0. The predicted molar refractivity (Wildman–Crippen MR) is 86.1 cm³/mol. The average Bonchev–Trinajstić information content (AvgIpc) is 2.55. The standard InChI is InChI=1S/C9H14O4.C8H12O4/c1-9(8(12)13)5-3-2-4-6(9)7(10)11;9-7(10)5-3-1-2-4-6(5)8(11)12/h6H,2-5H2,1H3,(H,10,11)(H,12,13);5-6H,1-4H2,(H,9,10)(H,11,12). The smallest absolute Gasteiger partial charge is 0.310 e. The number of aliphatic carboxylic acids is 4. The minimum atomic E-state index is -1.07. The van der Waals surface area contributed by atoms with E-state index in [1.54, 1.807) is 0 Å². The maximum absolute atomic E-state index is 10.9. The quantitative estimate of drug-likeness (QED) is 0.598. The number of rotatable bonds is 4. The molecule has 0 aliphatic heterocycles. The first-order valence-electron chi connectivity index (χ1n) is 8.53. The molecule has 4 atom stereocenters. The summed E-state index contributed by atoms with van der Waals surface area (Å²) >= 11 is 0. The largest absolute Gasteiger partial charge is 0.481 e. The lowest BCUT2D eigenvalue weighted by Crippen LogP contribution is -2.42. The van der Waals surface area contributed by atoms with Crippen molar-refractivity contribution >= 4 is 23.9 Å². The molecule has 8 nitrogen and oxygen atoms in total. The van der Waals surface area contributed by atoms with E-state index in [1.807, 2.05) is 0 Å². The van der Waals surface area contributed by atoms with E-state index in [1.165, 1.54) is 6.92 Å². The second-order valence-corrected chi connectivity index (χ2v) is 7.03. The molecule has 0 spiro atoms. The van der Waals surface area contributed by atoms with Crippen LogP contribution in [0.3, 0.4) is 0 Å². The van der Waals surface area contributed by atoms with Crippen LogP contribution in [-0.4, -0.2) is 44.3 Å². The molecule has 2 fully saturated rings. The summed E-state index contributed by atoms with van der Waals surface area (Å²) in [5.41, 5.74) is -1.07. The molecule has 0 bridgehead atoms. The van der Waals surface area contributed by atoms with Crippen LogP contribution in [0.15, 0.2) is 0 Å². The van der Waals surface area contributed by atoms with Crippen LogP contribution in [0, 0.1) is 23.2 Å². The van der Waals surface area contributed by atoms with E-state index in [4.69, 9.17) is 20.4 Å². The third-order valence-corrected chi connectivity index (χ3v) is 5.40. The highest BCUT2D eigenvalue weighted by Gasteiger charge is 2.46. The second kappa shape index (κ2) is 8.82. The molecule has 2 rings (SSSR count). The molecule has 2 saturated carbocycles. The van der Waals surface area contributed by atoms with Crippen molar-refractivity contribution < 1.29 is 39.6 Å². The molecular formula is C17H26O8. The Morgan fingerprint density at radius 2 is 1.16 bits per heavy atom. The fourth-order valence-corrected chi connectivity index (χ4v) is 3.71. The van der Waals surface area contributed by atoms with Gasteiger partial charge in [0.1, 0.15) is 0 Å². The van der Waals surface area contributed by atoms with Gasteiger partial charge >= 0.3 is 23.9 Å². The summed E-state index contributed by atoms with van der Waals surface area (Å²) < 4.78 is 0. The molecule has 0 saturated heterocycles. The van der Waals surface area contributed by atoms with E-state index in [9.17, 15) is 19.2 Å². The summed E-state index contributed by atoms with van der Waals surface area (Å²) in [7, 11) is 0. The fraction of sp³-hybridized carbons (Fsp3) is 0.765. The van der Waals surface area contributed by atoms with Gasteiger partial charge in [0.05, 0.1) is 23.2 Å². The Hall–Kier alpha value is -2.12. The first kappa shape index (κ1) is 20.9. The van der Waals surface area contributed by atoms with Gasteiger partial charge in [-0.15, -0.1) is 0 Å². The normalized spacial score (nSPS) is 32.0. The van der Waals surface area contributed by atoms with Gasteiger partial charge in [-0.3, -0.25) is 19.2 Å². The molecule has 0 heterocycles. The van der Waals surface area contributed by atoms with Gasteiger partial charge in [-0.2, -0.15) is 0 Å². The first-order valence-corrected chi connectivity index (χ1v) is 8.53. The van der Waals surface area contributed by atoms with Crippen LogP contribution in [0.1, 0.15) is 58.3 Å². The van der Waals surface area contributed by atoms with Gasteiger partial charge in [0, 0.05) is 0 Å². The molecule has 4 N–H and O–H groups in total. The van der Waals surface area contributed by atoms with Crippen molar-refractivity contribution in [3.63, 3.8) is 0 Å². The third-order valence-electron chi connectivity index (χ3n) is 5.40. The van der Waals surface area contributed by atoms with Crippen LogP contribution in [0.25, 0.3) is 0 Å². The average molecular weight is 358 g/mol. The summed E-state index contributed by atoms with van der Waals surface area (Å²) in [5.74, 6) is -5.97.